The van der Waals surface area contributed by atoms with E-state index in [1.165, 1.54) is 11.8 Å². The van der Waals surface area contributed by atoms with Gasteiger partial charge in [0.1, 0.15) is 16.8 Å². The maximum Gasteiger partial charge on any atom is 0.278 e. The summed E-state index contributed by atoms with van der Waals surface area (Å²) < 4.78 is 14.0. The molecule has 2 aromatic carbocycles. The second-order valence-electron chi connectivity index (χ2n) is 7.86. The Morgan fingerprint density at radius 1 is 1.11 bits per heavy atom. The summed E-state index contributed by atoms with van der Waals surface area (Å²) in [6, 6.07) is 17.0. The van der Waals surface area contributed by atoms with Crippen molar-refractivity contribution >= 4 is 34.4 Å². The zero-order valence-electron chi connectivity index (χ0n) is 20.0. The smallest absolute Gasteiger partial charge is 0.278 e. The Labute approximate surface area is 207 Å². The molecule has 0 bridgehead atoms. The number of carbonyl (C=O) groups is 1. The molecule has 0 fully saturated rings. The van der Waals surface area contributed by atoms with Crippen molar-refractivity contribution in [2.24, 2.45) is 7.05 Å². The van der Waals surface area contributed by atoms with Crippen molar-refractivity contribution in [2.75, 3.05) is 31.4 Å². The van der Waals surface area contributed by atoms with Crippen LogP contribution in [0.4, 0.5) is 5.69 Å². The van der Waals surface area contributed by atoms with Gasteiger partial charge in [0.2, 0.25) is 5.91 Å². The SMILES string of the molecule is CCOc1ccc(NC(=O)CSc2nc3c(-c4ccccc4)cn(C)c3c(=O)n2CCOC)cc1. The van der Waals surface area contributed by atoms with Crippen molar-refractivity contribution in [3.8, 4) is 16.9 Å². The van der Waals surface area contributed by atoms with Crippen LogP contribution in [0.2, 0.25) is 0 Å². The van der Waals surface area contributed by atoms with Gasteiger partial charge in [-0.2, -0.15) is 0 Å². The molecule has 0 aliphatic rings. The number of hydrogen-bond donors (Lipinski definition) is 1. The predicted octanol–water partition coefficient (Wildman–Crippen LogP) is 4.18. The Morgan fingerprint density at radius 3 is 2.54 bits per heavy atom. The summed E-state index contributed by atoms with van der Waals surface area (Å²) in [4.78, 5) is 31.0. The van der Waals surface area contributed by atoms with Crippen molar-refractivity contribution in [1.82, 2.24) is 14.1 Å². The van der Waals surface area contributed by atoms with Crippen LogP contribution in [0.15, 0.2) is 70.7 Å². The summed E-state index contributed by atoms with van der Waals surface area (Å²) in [5, 5.41) is 3.35. The number of fused-ring (bicyclic) bond motifs is 1. The largest absolute Gasteiger partial charge is 0.494 e. The average molecular weight is 493 g/mol. The highest BCUT2D eigenvalue weighted by Gasteiger charge is 2.19. The summed E-state index contributed by atoms with van der Waals surface area (Å²) in [6.45, 7) is 3.20. The van der Waals surface area contributed by atoms with Gasteiger partial charge in [-0.15, -0.1) is 0 Å². The van der Waals surface area contributed by atoms with Gasteiger partial charge < -0.3 is 19.4 Å². The van der Waals surface area contributed by atoms with Gasteiger partial charge in [0, 0.05) is 31.6 Å². The van der Waals surface area contributed by atoms with Gasteiger partial charge in [0.15, 0.2) is 5.16 Å². The molecule has 35 heavy (non-hydrogen) atoms. The number of rotatable bonds is 10. The van der Waals surface area contributed by atoms with E-state index in [2.05, 4.69) is 5.32 Å². The van der Waals surface area contributed by atoms with E-state index in [-0.39, 0.29) is 17.2 Å². The Kier molecular flexibility index (Phi) is 7.89. The van der Waals surface area contributed by atoms with E-state index >= 15 is 0 Å². The Hall–Kier alpha value is -3.56. The normalized spacial score (nSPS) is 11.1. The van der Waals surface area contributed by atoms with Crippen molar-refractivity contribution in [2.45, 2.75) is 18.6 Å². The van der Waals surface area contributed by atoms with E-state index in [1.54, 1.807) is 23.8 Å². The van der Waals surface area contributed by atoms with Crippen LogP contribution in [-0.4, -0.2) is 46.1 Å². The topological polar surface area (TPSA) is 87.4 Å². The molecule has 0 aliphatic heterocycles. The first-order valence-corrected chi connectivity index (χ1v) is 12.3. The van der Waals surface area contributed by atoms with Gasteiger partial charge >= 0.3 is 0 Å². The molecule has 2 aromatic heterocycles. The molecular weight excluding hydrogens is 464 g/mol. The van der Waals surface area contributed by atoms with Crippen molar-refractivity contribution < 1.29 is 14.3 Å². The van der Waals surface area contributed by atoms with E-state index in [0.717, 1.165) is 16.9 Å². The van der Waals surface area contributed by atoms with Gasteiger partial charge in [-0.3, -0.25) is 14.2 Å². The maximum atomic E-state index is 13.5. The van der Waals surface area contributed by atoms with Crippen LogP contribution in [0.3, 0.4) is 0 Å². The van der Waals surface area contributed by atoms with Gasteiger partial charge in [-0.05, 0) is 36.8 Å². The molecule has 0 aliphatic carbocycles. The lowest BCUT2D eigenvalue weighted by Crippen LogP contribution is -2.27. The molecule has 2 heterocycles. The van der Waals surface area contributed by atoms with Crippen LogP contribution in [0.1, 0.15) is 6.92 Å². The van der Waals surface area contributed by atoms with Gasteiger partial charge in [0.25, 0.3) is 5.56 Å². The van der Waals surface area contributed by atoms with Crippen LogP contribution in [0, 0.1) is 0 Å². The first kappa shape index (κ1) is 24.6. The van der Waals surface area contributed by atoms with E-state index in [0.29, 0.717) is 41.6 Å². The highest BCUT2D eigenvalue weighted by Crippen LogP contribution is 2.29. The lowest BCUT2D eigenvalue weighted by atomic mass is 10.1. The highest BCUT2D eigenvalue weighted by atomic mass is 32.2. The number of nitrogens with one attached hydrogen (secondary N) is 1. The monoisotopic (exact) mass is 492 g/mol. The molecule has 0 saturated carbocycles. The third-order valence-electron chi connectivity index (χ3n) is 5.43. The molecule has 0 unspecified atom stereocenters. The molecule has 0 spiro atoms. The maximum absolute atomic E-state index is 13.5. The second kappa shape index (κ2) is 11.2. The van der Waals surface area contributed by atoms with Crippen LogP contribution in [0.5, 0.6) is 5.75 Å². The van der Waals surface area contributed by atoms with E-state index in [1.807, 2.05) is 67.2 Å². The highest BCUT2D eigenvalue weighted by molar-refractivity contribution is 7.99. The molecule has 1 amide bonds. The molecule has 4 aromatic rings. The number of nitrogens with zero attached hydrogens (tertiary/aromatic N) is 3. The predicted molar refractivity (Wildman–Crippen MR) is 139 cm³/mol. The number of ether oxygens (including phenoxy) is 2. The lowest BCUT2D eigenvalue weighted by molar-refractivity contribution is -0.113. The molecule has 182 valence electrons. The summed E-state index contributed by atoms with van der Waals surface area (Å²) in [5.74, 6) is 0.658. The minimum absolute atomic E-state index is 0.103. The molecule has 0 saturated heterocycles. The number of thioether (sulfide) groups is 1. The molecule has 1 N–H and O–H groups in total. The Morgan fingerprint density at radius 2 is 1.86 bits per heavy atom. The molecule has 0 atom stereocenters. The van der Waals surface area contributed by atoms with Gasteiger partial charge in [-0.25, -0.2) is 4.98 Å². The van der Waals surface area contributed by atoms with E-state index in [4.69, 9.17) is 14.5 Å². The molecule has 9 heteroatoms. The number of amides is 1. The summed E-state index contributed by atoms with van der Waals surface area (Å²) in [7, 11) is 3.43. The van der Waals surface area contributed by atoms with Crippen molar-refractivity contribution in [1.29, 1.82) is 0 Å². The third kappa shape index (κ3) is 5.58. The number of hydrogen-bond acceptors (Lipinski definition) is 6. The van der Waals surface area contributed by atoms with Crippen LogP contribution < -0.4 is 15.6 Å². The second-order valence-corrected chi connectivity index (χ2v) is 8.80. The van der Waals surface area contributed by atoms with Crippen LogP contribution >= 0.6 is 11.8 Å². The Balaban J connectivity index is 1.62. The zero-order chi connectivity index (χ0) is 24.8. The summed E-state index contributed by atoms with van der Waals surface area (Å²) in [6.07, 6.45) is 1.92. The Bertz CT molecular complexity index is 1360. The minimum atomic E-state index is -0.192. The van der Waals surface area contributed by atoms with Crippen LogP contribution in [0.25, 0.3) is 22.2 Å². The number of anilines is 1. The number of aryl methyl sites for hydroxylation is 1. The first-order chi connectivity index (χ1) is 17.0. The fraction of sp³-hybridized carbons (Fsp3) is 0.269. The third-order valence-corrected chi connectivity index (χ3v) is 6.40. The molecule has 0 radical (unpaired) electrons. The minimum Gasteiger partial charge on any atom is -0.494 e. The van der Waals surface area contributed by atoms with Crippen molar-refractivity contribution in [3.05, 3.63) is 71.1 Å². The molecular formula is C26H28N4O4S. The molecule has 8 nitrogen and oxygen atoms in total. The fourth-order valence-electron chi connectivity index (χ4n) is 3.80. The molecule has 4 rings (SSSR count). The van der Waals surface area contributed by atoms with Crippen molar-refractivity contribution in [3.63, 3.8) is 0 Å². The number of aromatic nitrogens is 3. The number of benzene rings is 2. The average Bonchev–Trinajstić information content (AvgIpc) is 3.20. The first-order valence-electron chi connectivity index (χ1n) is 11.3. The van der Waals surface area contributed by atoms with Gasteiger partial charge in [-0.1, -0.05) is 42.1 Å². The van der Waals surface area contributed by atoms with E-state index < -0.39 is 0 Å². The summed E-state index contributed by atoms with van der Waals surface area (Å²) >= 11 is 1.23. The van der Waals surface area contributed by atoms with Crippen LogP contribution in [-0.2, 0) is 23.1 Å². The standard InChI is InChI=1S/C26H28N4O4S/c1-4-34-20-12-10-19(11-13-20)27-22(31)17-35-26-28-23-21(18-8-6-5-7-9-18)16-29(2)24(23)25(32)30(26)14-15-33-3/h5-13,16H,4,14-15,17H2,1-3H3,(H,27,31). The number of methoxy groups -OCH3 is 1. The summed E-state index contributed by atoms with van der Waals surface area (Å²) in [5.41, 5.74) is 3.50. The fourth-order valence-corrected chi connectivity index (χ4v) is 4.62. The zero-order valence-corrected chi connectivity index (χ0v) is 20.8. The van der Waals surface area contributed by atoms with E-state index in [9.17, 15) is 9.59 Å². The lowest BCUT2D eigenvalue weighted by Gasteiger charge is -2.13. The quantitative estimate of drug-likeness (QED) is 0.264. The number of carbonyl (C=O) groups excluding carboxylic acids is 1. The van der Waals surface area contributed by atoms with Gasteiger partial charge in [0.05, 0.1) is 25.5 Å².